The van der Waals surface area contributed by atoms with Crippen LogP contribution in [-0.2, 0) is 19.6 Å². The maximum atomic E-state index is 12.0. The first-order chi connectivity index (χ1) is 8.38. The highest BCUT2D eigenvalue weighted by atomic mass is 32.2. The number of sulfonamides is 1. The van der Waals surface area contributed by atoms with Crippen LogP contribution in [0.1, 0.15) is 12.8 Å². The van der Waals surface area contributed by atoms with Gasteiger partial charge in [0.2, 0.25) is 21.8 Å². The molecule has 2 aliphatic rings. The standard InChI is InChI=1S/C10H17N3O4S/c1-18(16,17)13-6-4-12(5-7-13)10(15)8-2-3-9(14)11-8/h8H,2-7H2,1H3,(H,11,14). The van der Waals surface area contributed by atoms with Crippen LogP contribution in [-0.4, -0.2) is 67.9 Å². The molecule has 0 aliphatic carbocycles. The second-order valence-corrected chi connectivity index (χ2v) is 6.63. The molecule has 18 heavy (non-hydrogen) atoms. The number of nitrogens with zero attached hydrogens (tertiary/aromatic N) is 2. The van der Waals surface area contributed by atoms with Crippen LogP contribution in [0.4, 0.5) is 0 Å². The second-order valence-electron chi connectivity index (χ2n) is 4.65. The van der Waals surface area contributed by atoms with E-state index in [-0.39, 0.29) is 11.8 Å². The SMILES string of the molecule is CS(=O)(=O)N1CCN(C(=O)C2CCC(=O)N2)CC1. The van der Waals surface area contributed by atoms with Crippen LogP contribution in [0.5, 0.6) is 0 Å². The Hall–Kier alpha value is -1.15. The number of carbonyl (C=O) groups is 2. The summed E-state index contributed by atoms with van der Waals surface area (Å²) in [6.45, 7) is 1.42. The van der Waals surface area contributed by atoms with Crippen LogP contribution in [0.25, 0.3) is 0 Å². The van der Waals surface area contributed by atoms with Crippen molar-refractivity contribution < 1.29 is 18.0 Å². The van der Waals surface area contributed by atoms with E-state index in [9.17, 15) is 18.0 Å². The monoisotopic (exact) mass is 275 g/mol. The normalized spacial score (nSPS) is 26.2. The van der Waals surface area contributed by atoms with Crippen molar-refractivity contribution in [1.82, 2.24) is 14.5 Å². The van der Waals surface area contributed by atoms with Crippen molar-refractivity contribution in [2.24, 2.45) is 0 Å². The summed E-state index contributed by atoms with van der Waals surface area (Å²) in [7, 11) is -3.18. The van der Waals surface area contributed by atoms with Gasteiger partial charge in [-0.15, -0.1) is 0 Å². The van der Waals surface area contributed by atoms with Gasteiger partial charge in [-0.05, 0) is 6.42 Å². The molecule has 8 heteroatoms. The van der Waals surface area contributed by atoms with E-state index < -0.39 is 16.1 Å². The number of hydrogen-bond donors (Lipinski definition) is 1. The predicted octanol–water partition coefficient (Wildman–Crippen LogP) is -1.63. The molecule has 1 atom stereocenters. The highest BCUT2D eigenvalue weighted by molar-refractivity contribution is 7.88. The average Bonchev–Trinajstić information content (AvgIpc) is 2.74. The van der Waals surface area contributed by atoms with Crippen molar-refractivity contribution in [2.75, 3.05) is 32.4 Å². The molecular weight excluding hydrogens is 258 g/mol. The first kappa shape index (κ1) is 13.3. The fourth-order valence-electron chi connectivity index (χ4n) is 2.26. The lowest BCUT2D eigenvalue weighted by Crippen LogP contribution is -2.54. The zero-order valence-corrected chi connectivity index (χ0v) is 11.1. The van der Waals surface area contributed by atoms with Crippen molar-refractivity contribution in [3.63, 3.8) is 0 Å². The minimum absolute atomic E-state index is 0.0943. The average molecular weight is 275 g/mol. The zero-order chi connectivity index (χ0) is 13.3. The third-order valence-corrected chi connectivity index (χ3v) is 4.62. The number of amides is 2. The van der Waals surface area contributed by atoms with Crippen LogP contribution in [0, 0.1) is 0 Å². The molecule has 1 unspecified atom stereocenters. The van der Waals surface area contributed by atoms with Gasteiger partial charge < -0.3 is 10.2 Å². The smallest absolute Gasteiger partial charge is 0.245 e. The summed E-state index contributed by atoms with van der Waals surface area (Å²) in [6, 6.07) is -0.428. The minimum Gasteiger partial charge on any atom is -0.344 e. The van der Waals surface area contributed by atoms with Crippen molar-refractivity contribution in [3.05, 3.63) is 0 Å². The Morgan fingerprint density at radius 3 is 2.33 bits per heavy atom. The van der Waals surface area contributed by atoms with E-state index in [2.05, 4.69) is 5.32 Å². The quantitative estimate of drug-likeness (QED) is 0.655. The topological polar surface area (TPSA) is 86.8 Å². The van der Waals surface area contributed by atoms with Gasteiger partial charge in [-0.2, -0.15) is 4.31 Å². The Bertz CT molecular complexity index is 454. The molecule has 2 amide bonds. The molecule has 2 aliphatic heterocycles. The van der Waals surface area contributed by atoms with E-state index in [1.807, 2.05) is 0 Å². The van der Waals surface area contributed by atoms with Crippen LogP contribution in [0.2, 0.25) is 0 Å². The van der Waals surface area contributed by atoms with E-state index in [4.69, 9.17) is 0 Å². The molecule has 0 aromatic rings. The van der Waals surface area contributed by atoms with Gasteiger partial charge in [0.05, 0.1) is 6.26 Å². The van der Waals surface area contributed by atoms with Gasteiger partial charge in [-0.1, -0.05) is 0 Å². The third kappa shape index (κ3) is 2.81. The molecule has 0 saturated carbocycles. The van der Waals surface area contributed by atoms with Gasteiger partial charge in [0.1, 0.15) is 6.04 Å². The first-order valence-corrected chi connectivity index (χ1v) is 7.76. The summed E-state index contributed by atoms with van der Waals surface area (Å²) < 4.78 is 24.0. The lowest BCUT2D eigenvalue weighted by atomic mass is 10.2. The van der Waals surface area contributed by atoms with Crippen LogP contribution < -0.4 is 5.32 Å². The molecule has 7 nitrogen and oxygen atoms in total. The van der Waals surface area contributed by atoms with Crippen LogP contribution >= 0.6 is 0 Å². The molecule has 0 aromatic heterocycles. The Morgan fingerprint density at radius 2 is 1.89 bits per heavy atom. The van der Waals surface area contributed by atoms with Crippen molar-refractivity contribution in [3.8, 4) is 0 Å². The summed E-state index contributed by atoms with van der Waals surface area (Å²) in [4.78, 5) is 24.7. The molecular formula is C10H17N3O4S. The fraction of sp³-hybridized carbons (Fsp3) is 0.800. The largest absolute Gasteiger partial charge is 0.344 e. The summed E-state index contributed by atoms with van der Waals surface area (Å²) in [5, 5.41) is 2.63. The maximum Gasteiger partial charge on any atom is 0.245 e. The van der Waals surface area contributed by atoms with Crippen molar-refractivity contribution in [1.29, 1.82) is 0 Å². The van der Waals surface area contributed by atoms with E-state index in [0.29, 0.717) is 39.0 Å². The van der Waals surface area contributed by atoms with Crippen molar-refractivity contribution >= 4 is 21.8 Å². The summed E-state index contributed by atoms with van der Waals surface area (Å²) in [5.41, 5.74) is 0. The van der Waals surface area contributed by atoms with Gasteiger partial charge in [0.15, 0.2) is 0 Å². The Labute approximate surface area is 106 Å². The van der Waals surface area contributed by atoms with Gasteiger partial charge in [-0.3, -0.25) is 9.59 Å². The highest BCUT2D eigenvalue weighted by Gasteiger charge is 2.33. The van der Waals surface area contributed by atoms with Gasteiger partial charge >= 0.3 is 0 Å². The van der Waals surface area contributed by atoms with E-state index in [1.54, 1.807) is 4.90 Å². The maximum absolute atomic E-state index is 12.0. The summed E-state index contributed by atoms with van der Waals surface area (Å²) >= 11 is 0. The Kier molecular flexibility index (Phi) is 3.58. The van der Waals surface area contributed by atoms with Gasteiger partial charge in [0.25, 0.3) is 0 Å². The second kappa shape index (κ2) is 4.85. The predicted molar refractivity (Wildman–Crippen MR) is 64.2 cm³/mol. The van der Waals surface area contributed by atoms with E-state index >= 15 is 0 Å². The minimum atomic E-state index is -3.18. The zero-order valence-electron chi connectivity index (χ0n) is 10.3. The lowest BCUT2D eigenvalue weighted by molar-refractivity contribution is -0.135. The molecule has 0 radical (unpaired) electrons. The lowest BCUT2D eigenvalue weighted by Gasteiger charge is -2.34. The third-order valence-electron chi connectivity index (χ3n) is 3.31. The Morgan fingerprint density at radius 1 is 1.28 bits per heavy atom. The molecule has 102 valence electrons. The molecule has 2 saturated heterocycles. The summed E-state index contributed by atoms with van der Waals surface area (Å²) in [6.07, 6.45) is 2.09. The number of piperazine rings is 1. The number of rotatable bonds is 2. The van der Waals surface area contributed by atoms with Gasteiger partial charge in [-0.25, -0.2) is 8.42 Å². The number of carbonyl (C=O) groups excluding carboxylic acids is 2. The van der Waals surface area contributed by atoms with E-state index in [1.165, 1.54) is 10.6 Å². The first-order valence-electron chi connectivity index (χ1n) is 5.91. The molecule has 2 fully saturated rings. The fourth-order valence-corrected chi connectivity index (χ4v) is 3.09. The molecule has 2 rings (SSSR count). The van der Waals surface area contributed by atoms with Gasteiger partial charge in [0, 0.05) is 32.6 Å². The molecule has 1 N–H and O–H groups in total. The molecule has 0 aromatic carbocycles. The molecule has 0 spiro atoms. The van der Waals surface area contributed by atoms with E-state index in [0.717, 1.165) is 0 Å². The van der Waals surface area contributed by atoms with Crippen molar-refractivity contribution in [2.45, 2.75) is 18.9 Å². The van der Waals surface area contributed by atoms with Crippen LogP contribution in [0.15, 0.2) is 0 Å². The number of hydrogen-bond acceptors (Lipinski definition) is 4. The molecule has 2 heterocycles. The summed E-state index contributed by atoms with van der Waals surface area (Å²) in [5.74, 6) is -0.197. The van der Waals surface area contributed by atoms with Crippen LogP contribution in [0.3, 0.4) is 0 Å². The Balaban J connectivity index is 1.90. The highest BCUT2D eigenvalue weighted by Crippen LogP contribution is 2.12. The molecule has 0 bridgehead atoms. The number of nitrogens with one attached hydrogen (secondary N) is 1.